The minimum absolute atomic E-state index is 0.0621. The Morgan fingerprint density at radius 1 is 1.50 bits per heavy atom. The number of nitriles is 1. The lowest BCUT2D eigenvalue weighted by atomic mass is 10.2. The molecule has 0 spiro atoms. The molecule has 0 atom stereocenters. The van der Waals surface area contributed by atoms with E-state index in [-0.39, 0.29) is 23.6 Å². The monoisotopic (exact) mass is 271 g/mol. The summed E-state index contributed by atoms with van der Waals surface area (Å²) in [6.07, 6.45) is 1.45. The van der Waals surface area contributed by atoms with Crippen LogP contribution in [-0.2, 0) is 11.3 Å². The molecule has 6 nitrogen and oxygen atoms in total. The molecule has 1 aromatic heterocycles. The number of para-hydroxylation sites is 1. The average Bonchev–Trinajstić information content (AvgIpc) is 2.83. The number of ether oxygens (including phenoxy) is 1. The first-order valence-corrected chi connectivity index (χ1v) is 5.82. The third kappa shape index (κ3) is 2.11. The van der Waals surface area contributed by atoms with Gasteiger partial charge in [0.15, 0.2) is 5.69 Å². The lowest BCUT2D eigenvalue weighted by Gasteiger charge is -2.11. The summed E-state index contributed by atoms with van der Waals surface area (Å²) >= 11 is 0. The Balaban J connectivity index is 2.74. The molecule has 6 heteroatoms. The number of aliphatic hydroxyl groups excluding tert-OH is 1. The van der Waals surface area contributed by atoms with Crippen molar-refractivity contribution < 1.29 is 14.6 Å². The number of methoxy groups -OCH3 is 1. The molecule has 1 aromatic carbocycles. The smallest absolute Gasteiger partial charge is 0.357 e. The van der Waals surface area contributed by atoms with Gasteiger partial charge in [-0.3, -0.25) is 0 Å². The van der Waals surface area contributed by atoms with Gasteiger partial charge in [0, 0.05) is 11.8 Å². The highest BCUT2D eigenvalue weighted by Gasteiger charge is 2.22. The number of nitrogens with two attached hydrogens (primary N) is 1. The van der Waals surface area contributed by atoms with E-state index in [2.05, 4.69) is 0 Å². The van der Waals surface area contributed by atoms with Gasteiger partial charge in [0.05, 0.1) is 30.7 Å². The highest BCUT2D eigenvalue weighted by atomic mass is 16.5. The van der Waals surface area contributed by atoms with Crippen molar-refractivity contribution in [1.29, 1.82) is 5.26 Å². The van der Waals surface area contributed by atoms with Crippen LogP contribution in [0.25, 0.3) is 5.69 Å². The zero-order chi connectivity index (χ0) is 14.7. The summed E-state index contributed by atoms with van der Waals surface area (Å²) in [5.41, 5.74) is 7.31. The van der Waals surface area contributed by atoms with Crippen molar-refractivity contribution >= 4 is 11.7 Å². The summed E-state index contributed by atoms with van der Waals surface area (Å²) in [7, 11) is 1.24. The normalized spacial score (nSPS) is 10.1. The van der Waals surface area contributed by atoms with Crippen molar-refractivity contribution in [1.82, 2.24) is 4.57 Å². The molecule has 0 aliphatic carbocycles. The molecular weight excluding hydrogens is 258 g/mol. The number of nitrogens with zero attached hydrogens (tertiary/aromatic N) is 2. The number of esters is 1. The van der Waals surface area contributed by atoms with E-state index in [1.807, 2.05) is 6.07 Å². The third-order valence-corrected chi connectivity index (χ3v) is 2.97. The quantitative estimate of drug-likeness (QED) is 0.817. The van der Waals surface area contributed by atoms with Crippen LogP contribution in [0, 0.1) is 11.3 Å². The number of nitrogen functional groups attached to an aromatic ring is 1. The molecule has 3 N–H and O–H groups in total. The number of hydrogen-bond acceptors (Lipinski definition) is 5. The van der Waals surface area contributed by atoms with E-state index in [4.69, 9.17) is 15.7 Å². The average molecular weight is 271 g/mol. The Kier molecular flexibility index (Phi) is 3.73. The molecule has 2 rings (SSSR count). The molecule has 0 fully saturated rings. The maximum Gasteiger partial charge on any atom is 0.357 e. The zero-order valence-electron chi connectivity index (χ0n) is 10.8. The summed E-state index contributed by atoms with van der Waals surface area (Å²) in [4.78, 5) is 11.9. The molecule has 2 aromatic rings. The first-order valence-electron chi connectivity index (χ1n) is 5.82. The van der Waals surface area contributed by atoms with Crippen LogP contribution in [0.4, 0.5) is 5.69 Å². The van der Waals surface area contributed by atoms with Gasteiger partial charge in [-0.2, -0.15) is 5.26 Å². The summed E-state index contributed by atoms with van der Waals surface area (Å²) < 4.78 is 6.16. The lowest BCUT2D eigenvalue weighted by Crippen LogP contribution is -2.12. The van der Waals surface area contributed by atoms with Gasteiger partial charge >= 0.3 is 5.97 Å². The Hall–Kier alpha value is -2.78. The molecule has 102 valence electrons. The number of benzene rings is 1. The molecular formula is C14H13N3O3. The van der Waals surface area contributed by atoms with Crippen molar-refractivity contribution in [3.05, 3.63) is 47.3 Å². The maximum atomic E-state index is 11.9. The van der Waals surface area contributed by atoms with Crippen LogP contribution in [-0.4, -0.2) is 22.8 Å². The second kappa shape index (κ2) is 5.47. The minimum Gasteiger partial charge on any atom is -0.464 e. The summed E-state index contributed by atoms with van der Waals surface area (Å²) in [6.45, 7) is -0.198. The van der Waals surface area contributed by atoms with E-state index >= 15 is 0 Å². The number of aromatic nitrogens is 1. The Morgan fingerprint density at radius 3 is 2.80 bits per heavy atom. The fraction of sp³-hybridized carbons (Fsp3) is 0.143. The predicted octanol–water partition coefficient (Wildman–Crippen LogP) is 1.21. The second-order valence-electron chi connectivity index (χ2n) is 4.07. The predicted molar refractivity (Wildman–Crippen MR) is 72.2 cm³/mol. The van der Waals surface area contributed by atoms with Gasteiger partial charge < -0.3 is 20.1 Å². The van der Waals surface area contributed by atoms with Crippen molar-refractivity contribution in [3.63, 3.8) is 0 Å². The van der Waals surface area contributed by atoms with Crippen molar-refractivity contribution in [3.8, 4) is 11.8 Å². The minimum atomic E-state index is -0.642. The second-order valence-corrected chi connectivity index (χ2v) is 4.07. The number of carbonyl (C=O) groups is 1. The van der Waals surface area contributed by atoms with Gasteiger partial charge in [0.1, 0.15) is 6.07 Å². The Morgan fingerprint density at radius 2 is 2.20 bits per heavy atom. The van der Waals surface area contributed by atoms with Crippen molar-refractivity contribution in [2.45, 2.75) is 6.61 Å². The maximum absolute atomic E-state index is 11.9. The molecule has 0 aliphatic heterocycles. The van der Waals surface area contributed by atoms with E-state index in [9.17, 15) is 9.90 Å². The van der Waals surface area contributed by atoms with Crippen LogP contribution in [0.5, 0.6) is 0 Å². The molecule has 0 unspecified atom stereocenters. The van der Waals surface area contributed by atoms with Crippen molar-refractivity contribution in [2.24, 2.45) is 0 Å². The number of carbonyl (C=O) groups excluding carboxylic acids is 1. The largest absolute Gasteiger partial charge is 0.464 e. The molecule has 0 bridgehead atoms. The Labute approximate surface area is 115 Å². The van der Waals surface area contributed by atoms with E-state index in [1.165, 1.54) is 17.9 Å². The Bertz CT molecular complexity index is 698. The van der Waals surface area contributed by atoms with E-state index in [1.54, 1.807) is 24.3 Å². The van der Waals surface area contributed by atoms with Gasteiger partial charge in [0.25, 0.3) is 0 Å². The number of aliphatic hydroxyl groups is 1. The van der Waals surface area contributed by atoms with E-state index in [0.717, 1.165) is 0 Å². The molecule has 1 heterocycles. The van der Waals surface area contributed by atoms with Crippen LogP contribution in [0.1, 0.15) is 21.6 Å². The molecule has 0 radical (unpaired) electrons. The zero-order valence-corrected chi connectivity index (χ0v) is 10.8. The highest BCUT2D eigenvalue weighted by molar-refractivity contribution is 5.96. The molecule has 0 saturated carbocycles. The summed E-state index contributed by atoms with van der Waals surface area (Å²) in [5, 5.41) is 18.4. The molecule has 0 amide bonds. The number of rotatable bonds is 3. The third-order valence-electron chi connectivity index (χ3n) is 2.97. The summed E-state index contributed by atoms with van der Waals surface area (Å²) in [5.74, 6) is -0.642. The fourth-order valence-corrected chi connectivity index (χ4v) is 1.98. The van der Waals surface area contributed by atoms with E-state index < -0.39 is 5.97 Å². The fourth-order valence-electron chi connectivity index (χ4n) is 1.98. The van der Waals surface area contributed by atoms with Gasteiger partial charge in [-0.1, -0.05) is 18.2 Å². The van der Waals surface area contributed by atoms with Crippen LogP contribution in [0.2, 0.25) is 0 Å². The number of hydrogen-bond donors (Lipinski definition) is 2. The first-order chi connectivity index (χ1) is 9.63. The lowest BCUT2D eigenvalue weighted by molar-refractivity contribution is 0.0593. The van der Waals surface area contributed by atoms with Crippen molar-refractivity contribution in [2.75, 3.05) is 12.8 Å². The van der Waals surface area contributed by atoms with Crippen LogP contribution >= 0.6 is 0 Å². The number of anilines is 1. The van der Waals surface area contributed by atoms with Gasteiger partial charge in [0.2, 0.25) is 0 Å². The van der Waals surface area contributed by atoms with Crippen LogP contribution in [0.15, 0.2) is 30.5 Å². The highest BCUT2D eigenvalue weighted by Crippen LogP contribution is 2.26. The van der Waals surface area contributed by atoms with Gasteiger partial charge in [-0.05, 0) is 6.07 Å². The molecule has 0 aliphatic rings. The van der Waals surface area contributed by atoms with E-state index in [0.29, 0.717) is 11.3 Å². The topological polar surface area (TPSA) is 101 Å². The summed E-state index contributed by atoms with van der Waals surface area (Å²) in [6, 6.07) is 8.90. The molecule has 20 heavy (non-hydrogen) atoms. The first kappa shape index (κ1) is 13.6. The standard InChI is InChI=1S/C14H13N3O3/c1-20-14(19)13-12(16)10(6-15)7-17(13)11-5-3-2-4-9(11)8-18/h2-5,7,18H,8,16H2,1H3. The molecule has 0 saturated heterocycles. The van der Waals surface area contributed by atoms with Gasteiger partial charge in [-0.15, -0.1) is 0 Å². The van der Waals surface area contributed by atoms with Crippen LogP contribution < -0.4 is 5.73 Å². The SMILES string of the molecule is COC(=O)c1c(N)c(C#N)cn1-c1ccccc1CO. The van der Waals surface area contributed by atoms with Gasteiger partial charge in [-0.25, -0.2) is 4.79 Å². The van der Waals surface area contributed by atoms with Crippen LogP contribution in [0.3, 0.4) is 0 Å².